The highest BCUT2D eigenvalue weighted by Gasteiger charge is 2.17. The number of nitrogens with one attached hydrogen (secondary N) is 2. The first-order valence-electron chi connectivity index (χ1n) is 8.66. The smallest absolute Gasteiger partial charge is 0.257 e. The van der Waals surface area contributed by atoms with E-state index < -0.39 is 11.4 Å². The van der Waals surface area contributed by atoms with Crippen molar-refractivity contribution in [3.8, 4) is 11.1 Å². The van der Waals surface area contributed by atoms with E-state index in [4.69, 9.17) is 16.3 Å². The Bertz CT molecular complexity index is 1130. The molecule has 8 heteroatoms. The second-order valence-electron chi connectivity index (χ2n) is 6.47. The average Bonchev–Trinajstić information content (AvgIpc) is 2.70. The van der Waals surface area contributed by atoms with E-state index in [-0.39, 0.29) is 11.1 Å². The van der Waals surface area contributed by atoms with Gasteiger partial charge in [0.25, 0.3) is 5.56 Å². The third-order valence-electron chi connectivity index (χ3n) is 4.32. The topological polar surface area (TPSA) is 70.2 Å². The third kappa shape index (κ3) is 4.25. The van der Waals surface area contributed by atoms with Crippen molar-refractivity contribution in [2.75, 3.05) is 31.4 Å². The zero-order chi connectivity index (χ0) is 21.1. The van der Waals surface area contributed by atoms with E-state index in [9.17, 15) is 9.18 Å². The van der Waals surface area contributed by atoms with Gasteiger partial charge in [-0.15, -0.1) is 0 Å². The van der Waals surface area contributed by atoms with Crippen molar-refractivity contribution in [1.29, 1.82) is 0 Å². The Labute approximate surface area is 172 Å². The van der Waals surface area contributed by atoms with Gasteiger partial charge in [0.05, 0.1) is 29.6 Å². The molecule has 0 radical (unpaired) electrons. The molecular weight excluding hydrogens is 395 g/mol. The van der Waals surface area contributed by atoms with E-state index in [2.05, 4.69) is 21.9 Å². The van der Waals surface area contributed by atoms with Crippen LogP contribution >= 0.6 is 11.6 Å². The summed E-state index contributed by atoms with van der Waals surface area (Å²) >= 11 is 6.01. The van der Waals surface area contributed by atoms with Gasteiger partial charge in [0.15, 0.2) is 0 Å². The maximum absolute atomic E-state index is 14.4. The van der Waals surface area contributed by atoms with Gasteiger partial charge in [0.2, 0.25) is 0 Å². The van der Waals surface area contributed by atoms with Crippen LogP contribution in [0.5, 0.6) is 0 Å². The fourth-order valence-electron chi connectivity index (χ4n) is 2.85. The number of H-pyrrole nitrogens is 1. The molecule has 0 saturated heterocycles. The standard InChI is InChI=1S/C21H20ClFN4O2/c1-12(29-4)16-11-24-8-7-18(16)25-19-10-15(21(28)26-20(19)27(2)3)14-9-13(22)5-6-17(14)23/h5-11H,1H2,2-4H3,(H,24,25)(H,26,28). The van der Waals surface area contributed by atoms with Crippen molar-refractivity contribution in [3.05, 3.63) is 76.1 Å². The summed E-state index contributed by atoms with van der Waals surface area (Å²) in [6.07, 6.45) is 3.24. The van der Waals surface area contributed by atoms with Gasteiger partial charge in [-0.05, 0) is 30.3 Å². The molecule has 0 unspecified atom stereocenters. The van der Waals surface area contributed by atoms with Crippen LogP contribution in [-0.2, 0) is 4.74 Å². The zero-order valence-electron chi connectivity index (χ0n) is 16.2. The van der Waals surface area contributed by atoms with Crippen LogP contribution in [0, 0.1) is 5.82 Å². The molecule has 0 atom stereocenters. The first kappa shape index (κ1) is 20.4. The van der Waals surface area contributed by atoms with E-state index in [1.54, 1.807) is 43.5 Å². The number of nitrogens with zero attached hydrogens (tertiary/aromatic N) is 2. The van der Waals surface area contributed by atoms with Crippen LogP contribution in [0.4, 0.5) is 21.6 Å². The van der Waals surface area contributed by atoms with E-state index in [1.807, 2.05) is 0 Å². The molecule has 3 aromatic rings. The molecule has 0 aliphatic heterocycles. The highest BCUT2D eigenvalue weighted by molar-refractivity contribution is 6.30. The minimum absolute atomic E-state index is 0.114. The SMILES string of the molecule is C=C(OC)c1cnccc1Nc1cc(-c2cc(Cl)ccc2F)c(=O)[nH]c1N(C)C. The molecule has 1 aromatic carbocycles. The Morgan fingerprint density at radius 3 is 2.69 bits per heavy atom. The number of rotatable bonds is 6. The summed E-state index contributed by atoms with van der Waals surface area (Å²) in [4.78, 5) is 21.3. The van der Waals surface area contributed by atoms with Crippen molar-refractivity contribution in [1.82, 2.24) is 9.97 Å². The van der Waals surface area contributed by atoms with E-state index in [1.165, 1.54) is 25.3 Å². The largest absolute Gasteiger partial charge is 0.497 e. The van der Waals surface area contributed by atoms with Crippen molar-refractivity contribution in [3.63, 3.8) is 0 Å². The third-order valence-corrected chi connectivity index (χ3v) is 4.56. The fraction of sp³-hybridized carbons (Fsp3) is 0.143. The fourth-order valence-corrected chi connectivity index (χ4v) is 3.03. The maximum Gasteiger partial charge on any atom is 0.257 e. The number of ether oxygens (including phenoxy) is 1. The van der Waals surface area contributed by atoms with Crippen molar-refractivity contribution >= 4 is 34.6 Å². The summed E-state index contributed by atoms with van der Waals surface area (Å²) in [6.45, 7) is 3.87. The molecule has 2 N–H and O–H groups in total. The average molecular weight is 415 g/mol. The molecule has 0 saturated carbocycles. The second kappa shape index (κ2) is 8.36. The Hall–Kier alpha value is -3.32. The quantitative estimate of drug-likeness (QED) is 0.574. The number of halogens is 2. The van der Waals surface area contributed by atoms with Gasteiger partial charge >= 0.3 is 0 Å². The summed E-state index contributed by atoms with van der Waals surface area (Å²) in [5.74, 6) is 0.408. The lowest BCUT2D eigenvalue weighted by molar-refractivity contribution is 0.371. The molecule has 6 nitrogen and oxygen atoms in total. The monoisotopic (exact) mass is 414 g/mol. The molecule has 0 aliphatic rings. The molecule has 3 rings (SSSR count). The number of anilines is 3. The highest BCUT2D eigenvalue weighted by atomic mass is 35.5. The molecule has 0 fully saturated rings. The van der Waals surface area contributed by atoms with Crippen LogP contribution in [0.25, 0.3) is 16.9 Å². The lowest BCUT2D eigenvalue weighted by Crippen LogP contribution is -2.20. The summed E-state index contributed by atoms with van der Waals surface area (Å²) in [6, 6.07) is 7.42. The lowest BCUT2D eigenvalue weighted by Gasteiger charge is -2.20. The van der Waals surface area contributed by atoms with Gasteiger partial charge in [0, 0.05) is 37.1 Å². The highest BCUT2D eigenvalue weighted by Crippen LogP contribution is 2.32. The van der Waals surface area contributed by atoms with Crippen LogP contribution in [-0.4, -0.2) is 31.2 Å². The van der Waals surface area contributed by atoms with Crippen molar-refractivity contribution in [2.45, 2.75) is 0 Å². The predicted octanol–water partition coefficient (Wildman–Crippen LogP) is 4.66. The molecule has 0 aliphatic carbocycles. The molecule has 0 amide bonds. The van der Waals surface area contributed by atoms with Crippen LogP contribution in [0.1, 0.15) is 5.56 Å². The van der Waals surface area contributed by atoms with Crippen LogP contribution in [0.3, 0.4) is 0 Å². The predicted molar refractivity (Wildman–Crippen MR) is 115 cm³/mol. The van der Waals surface area contributed by atoms with Crippen LogP contribution < -0.4 is 15.8 Å². The number of methoxy groups -OCH3 is 1. The van der Waals surface area contributed by atoms with E-state index >= 15 is 0 Å². The molecule has 29 heavy (non-hydrogen) atoms. The minimum Gasteiger partial charge on any atom is -0.497 e. The number of hydrogen-bond donors (Lipinski definition) is 2. The second-order valence-corrected chi connectivity index (χ2v) is 6.90. The van der Waals surface area contributed by atoms with Crippen molar-refractivity contribution in [2.24, 2.45) is 0 Å². The van der Waals surface area contributed by atoms with Gasteiger partial charge in [-0.2, -0.15) is 0 Å². The Morgan fingerprint density at radius 2 is 2.00 bits per heavy atom. The Balaban J connectivity index is 2.18. The summed E-state index contributed by atoms with van der Waals surface area (Å²) < 4.78 is 19.6. The molecule has 2 aromatic heterocycles. The van der Waals surface area contributed by atoms with Crippen LogP contribution in [0.2, 0.25) is 5.02 Å². The number of aromatic amines is 1. The van der Waals surface area contributed by atoms with Crippen molar-refractivity contribution < 1.29 is 9.13 Å². The zero-order valence-corrected chi connectivity index (χ0v) is 17.0. The first-order chi connectivity index (χ1) is 13.8. The summed E-state index contributed by atoms with van der Waals surface area (Å²) in [5.41, 5.74) is 1.71. The maximum atomic E-state index is 14.4. The van der Waals surface area contributed by atoms with E-state index in [0.29, 0.717) is 33.5 Å². The Morgan fingerprint density at radius 1 is 1.24 bits per heavy atom. The van der Waals surface area contributed by atoms with Gasteiger partial charge in [-0.1, -0.05) is 18.2 Å². The number of hydrogen-bond acceptors (Lipinski definition) is 5. The summed E-state index contributed by atoms with van der Waals surface area (Å²) in [5, 5.41) is 3.59. The number of benzene rings is 1. The molecule has 0 bridgehead atoms. The first-order valence-corrected chi connectivity index (χ1v) is 9.04. The molecule has 2 heterocycles. The normalized spacial score (nSPS) is 10.5. The van der Waals surface area contributed by atoms with Gasteiger partial charge in [0.1, 0.15) is 17.4 Å². The minimum atomic E-state index is -0.541. The van der Waals surface area contributed by atoms with Gasteiger partial charge < -0.3 is 19.9 Å². The number of pyridine rings is 2. The summed E-state index contributed by atoms with van der Waals surface area (Å²) in [7, 11) is 5.10. The van der Waals surface area contributed by atoms with Gasteiger partial charge in [-0.3, -0.25) is 9.78 Å². The van der Waals surface area contributed by atoms with E-state index in [0.717, 1.165) is 0 Å². The molecular formula is C21H20ClFN4O2. The lowest BCUT2D eigenvalue weighted by atomic mass is 10.1. The van der Waals surface area contributed by atoms with Gasteiger partial charge in [-0.25, -0.2) is 4.39 Å². The molecule has 0 spiro atoms. The number of aromatic nitrogens is 2. The van der Waals surface area contributed by atoms with Crippen LogP contribution in [0.15, 0.2) is 54.1 Å². The molecule has 150 valence electrons. The Kier molecular flexibility index (Phi) is 5.89.